The third-order valence-electron chi connectivity index (χ3n) is 6.91. The molecule has 0 N–H and O–H groups in total. The number of pyridine rings is 1. The number of aryl methyl sites for hydroxylation is 3. The minimum absolute atomic E-state index is 0.458. The number of aromatic nitrogens is 2. The molecule has 0 radical (unpaired) electrons. The van der Waals surface area contributed by atoms with E-state index in [0.29, 0.717) is 12.1 Å². The summed E-state index contributed by atoms with van der Waals surface area (Å²) in [5, 5.41) is 3.09. The van der Waals surface area contributed by atoms with Gasteiger partial charge in [0.2, 0.25) is 11.2 Å². The first kappa shape index (κ1) is 17.6. The average molecular weight is 430 g/mol. The Kier molecular flexibility index (Phi) is 3.91. The van der Waals surface area contributed by atoms with Crippen LogP contribution in [0.15, 0.2) is 90.9 Å². The lowest BCUT2D eigenvalue weighted by Gasteiger charge is -2.15. The minimum atomic E-state index is 0.458. The van der Waals surface area contributed by atoms with Gasteiger partial charge >= 0.3 is 0 Å². The summed E-state index contributed by atoms with van der Waals surface area (Å²) in [6, 6.07) is 27.7. The van der Waals surface area contributed by atoms with Gasteiger partial charge in [0.05, 0.1) is 24.8 Å². The van der Waals surface area contributed by atoms with E-state index in [2.05, 4.69) is 91.6 Å². The van der Waals surface area contributed by atoms with Crippen LogP contribution in [0.4, 0.5) is 0 Å². The molecule has 0 unspecified atom stereocenters. The Morgan fingerprint density at radius 1 is 0.727 bits per heavy atom. The molecule has 0 atom stereocenters. The van der Waals surface area contributed by atoms with Gasteiger partial charge in [-0.05, 0) is 56.1 Å². The summed E-state index contributed by atoms with van der Waals surface area (Å²) in [4.78, 5) is 0. The molecular weight excluding hydrogens is 400 g/mol. The zero-order chi connectivity index (χ0) is 24.4. The monoisotopic (exact) mass is 429 g/mol. The lowest BCUT2D eigenvalue weighted by atomic mass is 9.96. The van der Waals surface area contributed by atoms with Gasteiger partial charge in [0.1, 0.15) is 7.05 Å². The van der Waals surface area contributed by atoms with Crippen LogP contribution in [0.1, 0.15) is 19.4 Å². The molecule has 0 fully saturated rings. The zero-order valence-electron chi connectivity index (χ0n) is 21.4. The van der Waals surface area contributed by atoms with Crippen molar-refractivity contribution in [3.8, 4) is 16.9 Å². The number of hydrogen-bond acceptors (Lipinski definition) is 0. The van der Waals surface area contributed by atoms with Gasteiger partial charge in [-0.25, -0.2) is 0 Å². The average Bonchev–Trinajstić information content (AvgIpc) is 3.19. The van der Waals surface area contributed by atoms with E-state index in [-0.39, 0.29) is 0 Å². The van der Waals surface area contributed by atoms with Crippen LogP contribution in [-0.2, 0) is 7.05 Å². The van der Waals surface area contributed by atoms with Gasteiger partial charge in [0, 0.05) is 28.5 Å². The number of rotatable bonds is 2. The normalized spacial score (nSPS) is 12.5. The van der Waals surface area contributed by atoms with Gasteiger partial charge in [0.15, 0.2) is 0 Å². The van der Waals surface area contributed by atoms with E-state index in [1.54, 1.807) is 0 Å². The third kappa shape index (κ3) is 2.91. The molecule has 2 aromatic heterocycles. The molecule has 0 amide bonds. The number of hydrogen-bond donors (Lipinski definition) is 0. The molecule has 0 aliphatic carbocycles. The van der Waals surface area contributed by atoms with Crippen molar-refractivity contribution in [2.75, 3.05) is 0 Å². The van der Waals surface area contributed by atoms with Crippen LogP contribution in [0, 0.1) is 20.8 Å². The summed E-state index contributed by atoms with van der Waals surface area (Å²) in [6.45, 7) is 6.49. The lowest BCUT2D eigenvalue weighted by molar-refractivity contribution is -0.633. The molecule has 0 aliphatic heterocycles. The Morgan fingerprint density at radius 3 is 2.03 bits per heavy atom. The molecule has 6 aromatic rings. The van der Waals surface area contributed by atoms with Crippen molar-refractivity contribution in [2.45, 2.75) is 20.8 Å². The van der Waals surface area contributed by atoms with Crippen molar-refractivity contribution >= 4 is 32.7 Å². The largest absolute Gasteiger partial charge is 0.308 e. The minimum Gasteiger partial charge on any atom is -0.308 e. The van der Waals surface area contributed by atoms with Gasteiger partial charge in [-0.1, -0.05) is 60.2 Å². The maximum atomic E-state index is 8.83. The highest BCUT2D eigenvalue weighted by atomic mass is 15.0. The van der Waals surface area contributed by atoms with E-state index >= 15 is 0 Å². The molecule has 0 spiro atoms. The summed E-state index contributed by atoms with van der Waals surface area (Å²) in [6.07, 6.45) is 0. The summed E-state index contributed by atoms with van der Waals surface area (Å²) in [7, 11) is 2.12. The summed E-state index contributed by atoms with van der Waals surface area (Å²) < 4.78 is 22.1. The molecule has 0 bridgehead atoms. The molecule has 2 heterocycles. The van der Waals surface area contributed by atoms with Crippen LogP contribution < -0.4 is 4.57 Å². The van der Waals surface area contributed by atoms with Crippen LogP contribution in [0.2, 0.25) is 0 Å². The van der Waals surface area contributed by atoms with Gasteiger partial charge in [-0.3, -0.25) is 0 Å². The summed E-state index contributed by atoms with van der Waals surface area (Å²) in [5.74, 6) is 0. The standard InChI is InChI=1S/C31H27N2/c1-20-17-21(2)22(3)26(18-20)30-19-31(25-13-7-8-14-27(25)32(30)4)33-28-15-9-5-11-23(28)24-12-6-10-16-29(24)33/h5-19H,1-4H3/q+1/i15D,16D. The first-order valence-corrected chi connectivity index (χ1v) is 11.4. The van der Waals surface area contributed by atoms with Crippen LogP contribution in [0.5, 0.6) is 0 Å². The highest BCUT2D eigenvalue weighted by molar-refractivity contribution is 6.10. The number of para-hydroxylation sites is 3. The first-order valence-electron chi connectivity index (χ1n) is 12.4. The van der Waals surface area contributed by atoms with Crippen molar-refractivity contribution in [2.24, 2.45) is 7.05 Å². The molecule has 2 nitrogen and oxygen atoms in total. The third-order valence-corrected chi connectivity index (χ3v) is 6.91. The molecule has 160 valence electrons. The number of fused-ring (bicyclic) bond motifs is 4. The molecule has 33 heavy (non-hydrogen) atoms. The molecule has 6 rings (SSSR count). The Balaban J connectivity index is 1.85. The fraction of sp³-hybridized carbons (Fsp3) is 0.129. The molecule has 0 saturated carbocycles. The summed E-state index contributed by atoms with van der Waals surface area (Å²) >= 11 is 0. The topological polar surface area (TPSA) is 8.81 Å². The quantitative estimate of drug-likeness (QED) is 0.254. The number of nitrogens with zero attached hydrogens (tertiary/aromatic N) is 2. The van der Waals surface area contributed by atoms with E-state index in [0.717, 1.165) is 44.1 Å². The second-order valence-corrected chi connectivity index (χ2v) is 8.95. The predicted octanol–water partition coefficient (Wildman–Crippen LogP) is 7.35. The van der Waals surface area contributed by atoms with Crippen molar-refractivity contribution in [1.82, 2.24) is 4.57 Å². The van der Waals surface area contributed by atoms with Gasteiger partial charge < -0.3 is 4.57 Å². The van der Waals surface area contributed by atoms with Crippen molar-refractivity contribution in [1.29, 1.82) is 0 Å². The van der Waals surface area contributed by atoms with Gasteiger partial charge in [-0.2, -0.15) is 4.57 Å². The maximum Gasteiger partial charge on any atom is 0.215 e. The Bertz CT molecular complexity index is 1750. The van der Waals surface area contributed by atoms with Crippen LogP contribution in [-0.4, -0.2) is 4.57 Å². The fourth-order valence-corrected chi connectivity index (χ4v) is 5.18. The predicted molar refractivity (Wildman–Crippen MR) is 139 cm³/mol. The second kappa shape index (κ2) is 7.31. The molecule has 2 heteroatoms. The molecule has 0 aliphatic rings. The van der Waals surface area contributed by atoms with Crippen LogP contribution in [0.25, 0.3) is 49.7 Å². The van der Waals surface area contributed by atoms with Gasteiger partial charge in [-0.15, -0.1) is 0 Å². The second-order valence-electron chi connectivity index (χ2n) is 8.95. The Morgan fingerprint density at radius 2 is 1.33 bits per heavy atom. The summed E-state index contributed by atoms with van der Waals surface area (Å²) in [5.41, 5.74) is 9.86. The SMILES string of the molecule is [2H]c1cccc2c3cccc([2H])c3n(-c3cc(-c4cc(C)cc(C)c4C)[n+](C)c4ccccc34)c12. The zero-order valence-corrected chi connectivity index (χ0v) is 19.4. The first-order chi connectivity index (χ1) is 16.9. The fourth-order valence-electron chi connectivity index (χ4n) is 5.18. The van der Waals surface area contributed by atoms with Crippen molar-refractivity contribution in [3.05, 3.63) is 108 Å². The molecule has 4 aromatic carbocycles. The van der Waals surface area contributed by atoms with Crippen LogP contribution >= 0.6 is 0 Å². The highest BCUT2D eigenvalue weighted by Gasteiger charge is 2.23. The van der Waals surface area contributed by atoms with E-state index in [4.69, 9.17) is 2.74 Å². The van der Waals surface area contributed by atoms with Gasteiger partial charge in [0.25, 0.3) is 0 Å². The van der Waals surface area contributed by atoms with E-state index in [9.17, 15) is 0 Å². The smallest absolute Gasteiger partial charge is 0.215 e. The van der Waals surface area contributed by atoms with E-state index < -0.39 is 0 Å². The van der Waals surface area contributed by atoms with Crippen LogP contribution in [0.3, 0.4) is 0 Å². The number of benzene rings is 4. The van der Waals surface area contributed by atoms with E-state index in [1.807, 2.05) is 24.3 Å². The highest BCUT2D eigenvalue weighted by Crippen LogP contribution is 2.36. The van der Waals surface area contributed by atoms with E-state index in [1.165, 1.54) is 22.3 Å². The Hall–Kier alpha value is -3.91. The van der Waals surface area contributed by atoms with Crippen molar-refractivity contribution < 1.29 is 7.31 Å². The molecule has 0 saturated heterocycles. The lowest BCUT2D eigenvalue weighted by Crippen LogP contribution is -2.33. The maximum absolute atomic E-state index is 8.83. The Labute approximate surface area is 197 Å². The van der Waals surface area contributed by atoms with Crippen molar-refractivity contribution in [3.63, 3.8) is 0 Å². The molecular formula is C31H27N2+.